The predicted octanol–water partition coefficient (Wildman–Crippen LogP) is 4.19. The second-order valence-electron chi connectivity index (χ2n) is 7.42. The summed E-state index contributed by atoms with van der Waals surface area (Å²) < 4.78 is 0. The van der Waals surface area contributed by atoms with Crippen molar-refractivity contribution in [2.75, 3.05) is 11.4 Å². The maximum absolute atomic E-state index is 12.4. The van der Waals surface area contributed by atoms with Crippen LogP contribution in [0.1, 0.15) is 68.6 Å². The molecular formula is C21H32N2O2. The molecule has 0 heterocycles. The third kappa shape index (κ3) is 5.58. The van der Waals surface area contributed by atoms with Crippen LogP contribution in [0.3, 0.4) is 0 Å². The van der Waals surface area contributed by atoms with Gasteiger partial charge in [-0.05, 0) is 44.7 Å². The van der Waals surface area contributed by atoms with Crippen molar-refractivity contribution in [1.29, 1.82) is 0 Å². The molecule has 138 valence electrons. The van der Waals surface area contributed by atoms with Crippen molar-refractivity contribution in [3.05, 3.63) is 28.8 Å². The van der Waals surface area contributed by atoms with Crippen LogP contribution in [0.4, 0.5) is 5.69 Å². The number of carbonyl (C=O) groups is 2. The molecule has 1 aromatic carbocycles. The molecule has 0 unspecified atom stereocenters. The summed E-state index contributed by atoms with van der Waals surface area (Å²) in [5.74, 6) is 0.0397. The summed E-state index contributed by atoms with van der Waals surface area (Å²) in [7, 11) is 0. The van der Waals surface area contributed by atoms with E-state index < -0.39 is 0 Å². The molecule has 0 aliphatic heterocycles. The largest absolute Gasteiger partial charge is 0.353 e. The summed E-state index contributed by atoms with van der Waals surface area (Å²) >= 11 is 0. The van der Waals surface area contributed by atoms with E-state index in [0.29, 0.717) is 19.0 Å². The minimum absolute atomic E-state index is 0.0164. The van der Waals surface area contributed by atoms with Gasteiger partial charge < -0.3 is 10.2 Å². The number of carbonyl (C=O) groups excluding carboxylic acids is 2. The maximum atomic E-state index is 12.4. The second-order valence-corrected chi connectivity index (χ2v) is 7.42. The molecule has 4 nitrogen and oxygen atoms in total. The van der Waals surface area contributed by atoms with Crippen molar-refractivity contribution in [3.63, 3.8) is 0 Å². The number of rotatable bonds is 5. The highest BCUT2D eigenvalue weighted by Gasteiger charge is 2.19. The molecule has 2 amide bonds. The number of hydrogen-bond acceptors (Lipinski definition) is 2. The van der Waals surface area contributed by atoms with Crippen LogP contribution >= 0.6 is 0 Å². The average Bonchev–Trinajstić information content (AvgIpc) is 2.77. The van der Waals surface area contributed by atoms with Crippen molar-refractivity contribution < 1.29 is 9.59 Å². The first-order valence-corrected chi connectivity index (χ1v) is 9.54. The first-order chi connectivity index (χ1) is 11.9. The fourth-order valence-electron chi connectivity index (χ4n) is 3.96. The minimum Gasteiger partial charge on any atom is -0.353 e. The second kappa shape index (κ2) is 9.02. The Morgan fingerprint density at radius 1 is 1.04 bits per heavy atom. The summed E-state index contributed by atoms with van der Waals surface area (Å²) in [5.41, 5.74) is 4.29. The van der Waals surface area contributed by atoms with Crippen molar-refractivity contribution in [1.82, 2.24) is 5.32 Å². The summed E-state index contributed by atoms with van der Waals surface area (Å²) in [5, 5.41) is 3.17. The van der Waals surface area contributed by atoms with E-state index in [1.807, 2.05) is 13.8 Å². The van der Waals surface area contributed by atoms with Crippen LogP contribution in [-0.2, 0) is 9.59 Å². The zero-order valence-corrected chi connectivity index (χ0v) is 16.2. The third-order valence-corrected chi connectivity index (χ3v) is 5.07. The highest BCUT2D eigenvalue weighted by atomic mass is 16.2. The molecular weight excluding hydrogens is 312 g/mol. The highest BCUT2D eigenvalue weighted by molar-refractivity contribution is 5.94. The van der Waals surface area contributed by atoms with Crippen LogP contribution in [0, 0.1) is 20.8 Å². The Kier molecular flexibility index (Phi) is 7.03. The molecule has 0 radical (unpaired) electrons. The Bertz CT molecular complexity index is 593. The molecule has 1 saturated carbocycles. The van der Waals surface area contributed by atoms with Gasteiger partial charge in [-0.1, -0.05) is 43.4 Å². The summed E-state index contributed by atoms with van der Waals surface area (Å²) in [6.07, 6.45) is 7.46. The lowest BCUT2D eigenvalue weighted by Gasteiger charge is -2.26. The average molecular weight is 344 g/mol. The van der Waals surface area contributed by atoms with Crippen LogP contribution in [0.5, 0.6) is 0 Å². The zero-order valence-electron chi connectivity index (χ0n) is 16.2. The summed E-state index contributed by atoms with van der Waals surface area (Å²) in [4.78, 5) is 26.3. The maximum Gasteiger partial charge on any atom is 0.223 e. The van der Waals surface area contributed by atoms with E-state index >= 15 is 0 Å². The van der Waals surface area contributed by atoms with Gasteiger partial charge in [-0.25, -0.2) is 0 Å². The topological polar surface area (TPSA) is 49.4 Å². The number of benzene rings is 1. The van der Waals surface area contributed by atoms with Gasteiger partial charge in [-0.3, -0.25) is 9.59 Å². The lowest BCUT2D eigenvalue weighted by Crippen LogP contribution is -2.38. The van der Waals surface area contributed by atoms with Crippen LogP contribution in [0.25, 0.3) is 0 Å². The van der Waals surface area contributed by atoms with Crippen LogP contribution in [0.15, 0.2) is 12.1 Å². The monoisotopic (exact) mass is 344 g/mol. The zero-order chi connectivity index (χ0) is 18.4. The van der Waals surface area contributed by atoms with E-state index in [9.17, 15) is 9.59 Å². The Morgan fingerprint density at radius 2 is 1.60 bits per heavy atom. The molecule has 25 heavy (non-hydrogen) atoms. The molecule has 1 N–H and O–H groups in total. The minimum atomic E-state index is -0.0164. The van der Waals surface area contributed by atoms with E-state index in [1.165, 1.54) is 31.2 Å². The first kappa shape index (κ1) is 19.5. The lowest BCUT2D eigenvalue weighted by molar-refractivity contribution is -0.121. The molecule has 0 spiro atoms. The first-order valence-electron chi connectivity index (χ1n) is 9.54. The smallest absolute Gasteiger partial charge is 0.223 e. The number of hydrogen-bond donors (Lipinski definition) is 1. The van der Waals surface area contributed by atoms with Crippen LogP contribution < -0.4 is 10.2 Å². The van der Waals surface area contributed by atoms with Gasteiger partial charge in [0.25, 0.3) is 0 Å². The molecule has 1 fully saturated rings. The van der Waals surface area contributed by atoms with Crippen LogP contribution in [0.2, 0.25) is 0 Å². The van der Waals surface area contributed by atoms with Crippen molar-refractivity contribution in [3.8, 4) is 0 Å². The molecule has 0 atom stereocenters. The standard InChI is InChI=1S/C21H32N2O2/c1-15-13-16(2)21(17(3)14-15)23(18(4)24)12-11-20(25)22-19-9-7-5-6-8-10-19/h13-14,19H,5-12H2,1-4H3,(H,22,25). The Morgan fingerprint density at radius 3 is 2.12 bits per heavy atom. The van der Waals surface area contributed by atoms with E-state index in [2.05, 4.69) is 24.4 Å². The molecule has 0 bridgehead atoms. The van der Waals surface area contributed by atoms with Crippen molar-refractivity contribution in [2.24, 2.45) is 0 Å². The lowest BCUT2D eigenvalue weighted by atomic mass is 10.0. The molecule has 4 heteroatoms. The van der Waals surface area contributed by atoms with E-state index in [1.54, 1.807) is 11.8 Å². The number of nitrogens with zero attached hydrogens (tertiary/aromatic N) is 1. The third-order valence-electron chi connectivity index (χ3n) is 5.07. The predicted molar refractivity (Wildman–Crippen MR) is 103 cm³/mol. The fraction of sp³-hybridized carbons (Fsp3) is 0.619. The molecule has 1 aliphatic rings. The SMILES string of the molecule is CC(=O)N(CCC(=O)NC1CCCCCC1)c1c(C)cc(C)cc1C. The van der Waals surface area contributed by atoms with E-state index in [0.717, 1.165) is 29.7 Å². The Balaban J connectivity index is 2.00. The van der Waals surface area contributed by atoms with Gasteiger partial charge in [0, 0.05) is 31.6 Å². The van der Waals surface area contributed by atoms with E-state index in [4.69, 9.17) is 0 Å². The fourth-order valence-corrected chi connectivity index (χ4v) is 3.96. The molecule has 0 aromatic heterocycles. The Hall–Kier alpha value is -1.84. The Labute approximate surface area is 152 Å². The molecule has 2 rings (SSSR count). The van der Waals surface area contributed by atoms with Gasteiger partial charge in [-0.15, -0.1) is 0 Å². The normalized spacial score (nSPS) is 15.5. The van der Waals surface area contributed by atoms with Gasteiger partial charge in [-0.2, -0.15) is 0 Å². The highest BCUT2D eigenvalue weighted by Crippen LogP contribution is 2.26. The molecule has 1 aromatic rings. The summed E-state index contributed by atoms with van der Waals surface area (Å²) in [6.45, 7) is 8.11. The van der Waals surface area contributed by atoms with Crippen molar-refractivity contribution in [2.45, 2.75) is 78.7 Å². The van der Waals surface area contributed by atoms with Gasteiger partial charge >= 0.3 is 0 Å². The molecule has 1 aliphatic carbocycles. The van der Waals surface area contributed by atoms with Gasteiger partial charge in [0.2, 0.25) is 11.8 Å². The summed E-state index contributed by atoms with van der Waals surface area (Å²) in [6, 6.07) is 4.48. The van der Waals surface area contributed by atoms with Gasteiger partial charge in [0.05, 0.1) is 0 Å². The quantitative estimate of drug-likeness (QED) is 0.814. The van der Waals surface area contributed by atoms with Gasteiger partial charge in [0.1, 0.15) is 0 Å². The molecule has 0 saturated heterocycles. The van der Waals surface area contributed by atoms with Crippen LogP contribution in [-0.4, -0.2) is 24.4 Å². The number of nitrogens with one attached hydrogen (secondary N) is 1. The van der Waals surface area contributed by atoms with Crippen molar-refractivity contribution >= 4 is 17.5 Å². The number of anilines is 1. The van der Waals surface area contributed by atoms with E-state index in [-0.39, 0.29) is 11.8 Å². The number of aryl methyl sites for hydroxylation is 3. The van der Waals surface area contributed by atoms with Gasteiger partial charge in [0.15, 0.2) is 0 Å². The number of amides is 2.